The van der Waals surface area contributed by atoms with Crippen molar-refractivity contribution in [1.29, 1.82) is 5.26 Å². The van der Waals surface area contributed by atoms with Crippen molar-refractivity contribution in [2.24, 2.45) is 0 Å². The number of hydrogen-bond donors (Lipinski definition) is 0. The number of hydrogen-bond acceptors (Lipinski definition) is 6. The number of benzene rings is 1. The predicted octanol–water partition coefficient (Wildman–Crippen LogP) is 4.26. The van der Waals surface area contributed by atoms with Gasteiger partial charge < -0.3 is 9.32 Å². The minimum absolute atomic E-state index is 0.196. The van der Waals surface area contributed by atoms with Crippen LogP contribution in [0.25, 0.3) is 17.4 Å². The lowest BCUT2D eigenvalue weighted by Crippen LogP contribution is -2.42. The minimum atomic E-state index is -0.492. The number of rotatable bonds is 4. The Morgan fingerprint density at radius 2 is 1.84 bits per heavy atom. The van der Waals surface area contributed by atoms with E-state index in [1.807, 2.05) is 6.07 Å². The number of furan rings is 1. The Bertz CT molecular complexity index is 1090. The smallest absolute Gasteiger partial charge is 0.294 e. The van der Waals surface area contributed by atoms with E-state index in [9.17, 15) is 19.6 Å². The summed E-state index contributed by atoms with van der Waals surface area (Å²) in [6, 6.07) is 12.6. The van der Waals surface area contributed by atoms with Gasteiger partial charge in [0.05, 0.1) is 16.5 Å². The molecule has 7 nitrogen and oxygen atoms in total. The Kier molecular flexibility index (Phi) is 6.23. The predicted molar refractivity (Wildman–Crippen MR) is 117 cm³/mol. The monoisotopic (exact) mass is 435 g/mol. The van der Waals surface area contributed by atoms with Crippen molar-refractivity contribution in [3.05, 3.63) is 52.6 Å². The van der Waals surface area contributed by atoms with Crippen LogP contribution in [-0.4, -0.2) is 46.5 Å². The Labute approximate surface area is 184 Å². The van der Waals surface area contributed by atoms with Crippen LogP contribution >= 0.6 is 11.8 Å². The molecule has 3 heterocycles. The highest BCUT2D eigenvalue weighted by molar-refractivity contribution is 8.18. The van der Waals surface area contributed by atoms with Crippen molar-refractivity contribution in [2.75, 3.05) is 19.6 Å². The van der Waals surface area contributed by atoms with Crippen LogP contribution in [0.2, 0.25) is 0 Å². The fourth-order valence-electron chi connectivity index (χ4n) is 3.69. The molecule has 0 N–H and O–H groups in total. The summed E-state index contributed by atoms with van der Waals surface area (Å²) < 4.78 is 5.79. The number of nitrogens with zero attached hydrogens (tertiary/aromatic N) is 3. The summed E-state index contributed by atoms with van der Waals surface area (Å²) in [4.78, 5) is 40.7. The molecule has 0 bridgehead atoms. The number of nitriles is 1. The molecule has 8 heteroatoms. The van der Waals surface area contributed by atoms with E-state index in [1.54, 1.807) is 35.2 Å². The topological polar surface area (TPSA) is 94.6 Å². The number of likely N-dealkylation sites (tertiary alicyclic amines) is 1. The second-order valence-electron chi connectivity index (χ2n) is 7.42. The zero-order chi connectivity index (χ0) is 21.8. The summed E-state index contributed by atoms with van der Waals surface area (Å²) in [5, 5.41) is 8.81. The Morgan fingerprint density at radius 1 is 1.10 bits per heavy atom. The van der Waals surface area contributed by atoms with Gasteiger partial charge in [-0.3, -0.25) is 19.3 Å². The van der Waals surface area contributed by atoms with Crippen molar-refractivity contribution in [3.63, 3.8) is 0 Å². The number of carbonyl (C=O) groups excluding carboxylic acids is 3. The van der Waals surface area contributed by atoms with Crippen LogP contribution in [0.4, 0.5) is 4.79 Å². The maximum absolute atomic E-state index is 12.7. The molecule has 0 aliphatic carbocycles. The summed E-state index contributed by atoms with van der Waals surface area (Å²) in [5.74, 6) is 0.207. The molecular formula is C23H21N3O4S. The van der Waals surface area contributed by atoms with E-state index in [-0.39, 0.29) is 17.4 Å². The number of amides is 3. The van der Waals surface area contributed by atoms with Crippen molar-refractivity contribution in [2.45, 2.75) is 25.7 Å². The third-order valence-corrected chi connectivity index (χ3v) is 6.25. The second kappa shape index (κ2) is 9.23. The highest BCUT2D eigenvalue weighted by atomic mass is 32.2. The highest BCUT2D eigenvalue weighted by Gasteiger charge is 2.37. The molecule has 0 saturated carbocycles. The van der Waals surface area contributed by atoms with Crippen molar-refractivity contribution < 1.29 is 18.8 Å². The zero-order valence-electron chi connectivity index (χ0n) is 16.9. The lowest BCUT2D eigenvalue weighted by atomic mass is 10.1. The van der Waals surface area contributed by atoms with E-state index in [0.717, 1.165) is 42.3 Å². The van der Waals surface area contributed by atoms with Crippen molar-refractivity contribution >= 4 is 34.9 Å². The number of carbonyl (C=O) groups is 3. The second-order valence-corrected chi connectivity index (χ2v) is 8.42. The van der Waals surface area contributed by atoms with Crippen LogP contribution in [0.1, 0.15) is 37.0 Å². The van der Waals surface area contributed by atoms with Crippen molar-refractivity contribution in [3.8, 4) is 17.4 Å². The van der Waals surface area contributed by atoms with Crippen LogP contribution in [0.15, 0.2) is 45.7 Å². The summed E-state index contributed by atoms with van der Waals surface area (Å²) in [6.45, 7) is 1.11. The SMILES string of the molecule is N#Cc1ccccc1-c1ccc(C=C2SC(=O)N(CC(=O)N3CCCCCC3)C2=O)o1. The first-order valence-electron chi connectivity index (χ1n) is 10.2. The molecule has 1 aromatic heterocycles. The van der Waals surface area contributed by atoms with Gasteiger partial charge in [-0.15, -0.1) is 0 Å². The van der Waals surface area contributed by atoms with Gasteiger partial charge in [0.15, 0.2) is 0 Å². The largest absolute Gasteiger partial charge is 0.457 e. The standard InChI is InChI=1S/C23H21N3O4S/c24-14-16-7-3-4-8-18(16)19-10-9-17(30-19)13-20-22(28)26(23(29)31-20)15-21(27)25-11-5-1-2-6-12-25/h3-4,7-10,13H,1-2,5-6,11-12,15H2. The maximum atomic E-state index is 12.7. The van der Waals surface area contributed by atoms with E-state index in [2.05, 4.69) is 6.07 Å². The van der Waals surface area contributed by atoms with E-state index >= 15 is 0 Å². The Morgan fingerprint density at radius 3 is 2.58 bits per heavy atom. The number of imide groups is 1. The molecule has 0 spiro atoms. The molecule has 4 rings (SSSR count). The average molecular weight is 436 g/mol. The molecule has 1 aromatic carbocycles. The normalized spacial score (nSPS) is 18.4. The number of thioether (sulfide) groups is 1. The molecule has 158 valence electrons. The van der Waals surface area contributed by atoms with Gasteiger partial charge in [-0.05, 0) is 48.9 Å². The lowest BCUT2D eigenvalue weighted by Gasteiger charge is -2.22. The van der Waals surface area contributed by atoms with Crippen LogP contribution in [0, 0.1) is 11.3 Å². The average Bonchev–Trinajstić information content (AvgIpc) is 3.21. The van der Waals surface area contributed by atoms with E-state index in [0.29, 0.717) is 35.7 Å². The Hall–Kier alpha value is -3.31. The van der Waals surface area contributed by atoms with Crippen LogP contribution in [-0.2, 0) is 9.59 Å². The van der Waals surface area contributed by atoms with Crippen LogP contribution in [0.5, 0.6) is 0 Å². The molecule has 3 amide bonds. The quantitative estimate of drug-likeness (QED) is 0.666. The first-order valence-corrected chi connectivity index (χ1v) is 11.0. The summed E-state index contributed by atoms with van der Waals surface area (Å²) in [6.07, 6.45) is 5.59. The van der Waals surface area contributed by atoms with E-state index in [1.165, 1.54) is 6.08 Å². The van der Waals surface area contributed by atoms with Gasteiger partial charge >= 0.3 is 0 Å². The van der Waals surface area contributed by atoms with E-state index < -0.39 is 11.1 Å². The van der Waals surface area contributed by atoms with Crippen molar-refractivity contribution in [1.82, 2.24) is 9.80 Å². The van der Waals surface area contributed by atoms with Crippen LogP contribution in [0.3, 0.4) is 0 Å². The molecule has 2 fully saturated rings. The van der Waals surface area contributed by atoms with Gasteiger partial charge in [0.1, 0.15) is 18.1 Å². The molecule has 2 aliphatic heterocycles. The van der Waals surface area contributed by atoms with Crippen LogP contribution < -0.4 is 0 Å². The maximum Gasteiger partial charge on any atom is 0.294 e. The summed E-state index contributed by atoms with van der Waals surface area (Å²) >= 11 is 0.798. The fourth-order valence-corrected chi connectivity index (χ4v) is 4.51. The van der Waals surface area contributed by atoms with E-state index in [4.69, 9.17) is 4.42 Å². The molecule has 0 radical (unpaired) electrons. The molecule has 0 atom stereocenters. The van der Waals surface area contributed by atoms with Gasteiger partial charge in [-0.1, -0.05) is 25.0 Å². The lowest BCUT2D eigenvalue weighted by molar-refractivity contribution is -0.135. The summed E-state index contributed by atoms with van der Waals surface area (Å²) in [5.41, 5.74) is 1.14. The minimum Gasteiger partial charge on any atom is -0.457 e. The third-order valence-electron chi connectivity index (χ3n) is 5.34. The fraction of sp³-hybridized carbons (Fsp3) is 0.304. The summed E-state index contributed by atoms with van der Waals surface area (Å²) in [7, 11) is 0. The molecule has 2 saturated heterocycles. The molecule has 0 unspecified atom stereocenters. The van der Waals surface area contributed by atoms with Gasteiger partial charge in [-0.2, -0.15) is 5.26 Å². The first kappa shape index (κ1) is 20.9. The first-order chi connectivity index (χ1) is 15.1. The molecule has 31 heavy (non-hydrogen) atoms. The molecule has 2 aliphatic rings. The van der Waals surface area contributed by atoms with Gasteiger partial charge in [0.25, 0.3) is 11.1 Å². The van der Waals surface area contributed by atoms with Gasteiger partial charge in [0.2, 0.25) is 5.91 Å². The third kappa shape index (κ3) is 4.57. The van der Waals surface area contributed by atoms with Gasteiger partial charge in [0, 0.05) is 24.7 Å². The molecular weight excluding hydrogens is 414 g/mol. The zero-order valence-corrected chi connectivity index (χ0v) is 17.7. The highest BCUT2D eigenvalue weighted by Crippen LogP contribution is 2.33. The molecule has 2 aromatic rings. The van der Waals surface area contributed by atoms with Gasteiger partial charge in [-0.25, -0.2) is 0 Å². The Balaban J connectivity index is 1.48.